The van der Waals surface area contributed by atoms with Crippen LogP contribution in [0.4, 0.5) is 0 Å². The minimum Gasteiger partial charge on any atom is -0.497 e. The fourth-order valence-electron chi connectivity index (χ4n) is 4.44. The molecule has 1 N–H and O–H groups in total. The lowest BCUT2D eigenvalue weighted by Crippen LogP contribution is -2.32. The lowest BCUT2D eigenvalue weighted by Gasteiger charge is -2.29. The number of nitrogens with one attached hydrogen (secondary N) is 1. The van der Waals surface area contributed by atoms with Crippen molar-refractivity contribution in [3.05, 3.63) is 72.1 Å². The molecule has 0 radical (unpaired) electrons. The summed E-state index contributed by atoms with van der Waals surface area (Å²) in [6.07, 6.45) is 10.3. The molecule has 6 nitrogen and oxygen atoms in total. The lowest BCUT2D eigenvalue weighted by molar-refractivity contribution is -0.120. The summed E-state index contributed by atoms with van der Waals surface area (Å²) in [5, 5.41) is 3.13. The Morgan fingerprint density at radius 1 is 1.06 bits per heavy atom. The number of amides is 1. The molecule has 0 bridgehead atoms. The lowest BCUT2D eigenvalue weighted by atomic mass is 9.79. The Bertz CT molecular complexity index is 1030. The minimum atomic E-state index is 0.0729. The van der Waals surface area contributed by atoms with Gasteiger partial charge in [-0.1, -0.05) is 12.1 Å². The highest BCUT2D eigenvalue weighted by Crippen LogP contribution is 2.38. The molecule has 32 heavy (non-hydrogen) atoms. The number of benzene rings is 1. The van der Waals surface area contributed by atoms with E-state index in [1.54, 1.807) is 7.11 Å². The molecule has 6 heteroatoms. The number of methoxy groups -OCH3 is 1. The molecule has 1 aliphatic carbocycles. The van der Waals surface area contributed by atoms with Gasteiger partial charge in [0.15, 0.2) is 0 Å². The van der Waals surface area contributed by atoms with E-state index in [0.717, 1.165) is 66.2 Å². The predicted octanol–water partition coefficient (Wildman–Crippen LogP) is 4.49. The standard InChI is InChI=1S/C26H30N4O2/c1-18-28-17-24(21-11-13-27-14-12-21)26(30-18)22-7-3-20(4-8-22)16-29-25(31)15-19-5-9-23(32-2)10-6-19/h5-6,9-14,17,20,22H,3-4,7-8,15-16H2,1-2H3,(H,29,31). The van der Waals surface area contributed by atoms with Crippen LogP contribution in [0.3, 0.4) is 0 Å². The van der Waals surface area contributed by atoms with E-state index in [9.17, 15) is 4.79 Å². The first-order valence-electron chi connectivity index (χ1n) is 11.3. The maximum Gasteiger partial charge on any atom is 0.224 e. The number of carbonyl (C=O) groups is 1. The number of carbonyl (C=O) groups excluding carboxylic acids is 1. The molecule has 166 valence electrons. The molecule has 0 unspecified atom stereocenters. The van der Waals surface area contributed by atoms with Crippen molar-refractivity contribution in [2.24, 2.45) is 5.92 Å². The van der Waals surface area contributed by atoms with E-state index in [1.165, 1.54) is 0 Å². The van der Waals surface area contributed by atoms with E-state index in [0.29, 0.717) is 18.3 Å². The Labute approximate surface area is 189 Å². The van der Waals surface area contributed by atoms with E-state index < -0.39 is 0 Å². The van der Waals surface area contributed by atoms with E-state index in [4.69, 9.17) is 9.72 Å². The predicted molar refractivity (Wildman–Crippen MR) is 124 cm³/mol. The van der Waals surface area contributed by atoms with Gasteiger partial charge in [0.25, 0.3) is 0 Å². The van der Waals surface area contributed by atoms with Gasteiger partial charge in [-0.2, -0.15) is 0 Å². The maximum atomic E-state index is 12.4. The van der Waals surface area contributed by atoms with Crippen LogP contribution in [0.2, 0.25) is 0 Å². The summed E-state index contributed by atoms with van der Waals surface area (Å²) >= 11 is 0. The SMILES string of the molecule is COc1ccc(CC(=O)NCC2CCC(c3nc(C)ncc3-c3ccncc3)CC2)cc1. The summed E-state index contributed by atoms with van der Waals surface area (Å²) in [5.74, 6) is 2.62. The molecule has 1 amide bonds. The molecule has 4 rings (SSSR count). The van der Waals surface area contributed by atoms with Crippen molar-refractivity contribution in [1.29, 1.82) is 0 Å². The zero-order chi connectivity index (χ0) is 22.3. The van der Waals surface area contributed by atoms with Crippen LogP contribution in [0.5, 0.6) is 5.75 Å². The van der Waals surface area contributed by atoms with Crippen molar-refractivity contribution < 1.29 is 9.53 Å². The van der Waals surface area contributed by atoms with Crippen LogP contribution in [-0.4, -0.2) is 34.5 Å². The molecule has 0 aliphatic heterocycles. The summed E-state index contributed by atoms with van der Waals surface area (Å²) in [4.78, 5) is 25.8. The third kappa shape index (κ3) is 5.49. The second kappa shape index (κ2) is 10.4. The number of aryl methyl sites for hydroxylation is 1. The Morgan fingerprint density at radius 3 is 2.47 bits per heavy atom. The molecular weight excluding hydrogens is 400 g/mol. The van der Waals surface area contributed by atoms with Crippen LogP contribution < -0.4 is 10.1 Å². The zero-order valence-corrected chi connectivity index (χ0v) is 18.8. The first-order valence-corrected chi connectivity index (χ1v) is 11.3. The third-order valence-corrected chi connectivity index (χ3v) is 6.28. The average Bonchev–Trinajstić information content (AvgIpc) is 2.84. The van der Waals surface area contributed by atoms with Gasteiger partial charge < -0.3 is 10.1 Å². The van der Waals surface area contributed by atoms with Crippen LogP contribution in [-0.2, 0) is 11.2 Å². The normalized spacial score (nSPS) is 18.2. The number of ether oxygens (including phenoxy) is 1. The van der Waals surface area contributed by atoms with Crippen molar-refractivity contribution in [3.63, 3.8) is 0 Å². The summed E-state index contributed by atoms with van der Waals surface area (Å²) < 4.78 is 5.17. The molecule has 1 aliphatic rings. The molecule has 0 saturated heterocycles. The monoisotopic (exact) mass is 430 g/mol. The molecule has 1 aromatic carbocycles. The summed E-state index contributed by atoms with van der Waals surface area (Å²) in [6, 6.07) is 11.7. The van der Waals surface area contributed by atoms with Crippen molar-refractivity contribution in [3.8, 4) is 16.9 Å². The van der Waals surface area contributed by atoms with Crippen LogP contribution in [0, 0.1) is 12.8 Å². The quantitative estimate of drug-likeness (QED) is 0.598. The maximum absolute atomic E-state index is 12.4. The smallest absolute Gasteiger partial charge is 0.224 e. The summed E-state index contributed by atoms with van der Waals surface area (Å²) in [5.41, 5.74) is 4.36. The highest BCUT2D eigenvalue weighted by molar-refractivity contribution is 5.78. The van der Waals surface area contributed by atoms with Crippen molar-refractivity contribution in [2.45, 2.75) is 44.9 Å². The first-order chi connectivity index (χ1) is 15.6. The fraction of sp³-hybridized carbons (Fsp3) is 0.385. The topological polar surface area (TPSA) is 77.0 Å². The number of aromatic nitrogens is 3. The molecule has 1 saturated carbocycles. The van der Waals surface area contributed by atoms with E-state index >= 15 is 0 Å². The molecule has 2 aromatic heterocycles. The number of nitrogens with zero attached hydrogens (tertiary/aromatic N) is 3. The summed E-state index contributed by atoms with van der Waals surface area (Å²) in [6.45, 7) is 2.69. The zero-order valence-electron chi connectivity index (χ0n) is 18.8. The number of hydrogen-bond donors (Lipinski definition) is 1. The molecule has 0 atom stereocenters. The van der Waals surface area contributed by atoms with E-state index in [2.05, 4.69) is 15.3 Å². The van der Waals surface area contributed by atoms with Crippen molar-refractivity contribution in [1.82, 2.24) is 20.3 Å². The Balaban J connectivity index is 1.31. The Hall–Kier alpha value is -3.28. The highest BCUT2D eigenvalue weighted by atomic mass is 16.5. The van der Waals surface area contributed by atoms with Gasteiger partial charge in [-0.25, -0.2) is 9.97 Å². The first kappa shape index (κ1) is 21.9. The van der Waals surface area contributed by atoms with Gasteiger partial charge in [0.2, 0.25) is 5.91 Å². The second-order valence-corrected chi connectivity index (χ2v) is 8.50. The molecule has 2 heterocycles. The van der Waals surface area contributed by atoms with E-state index in [-0.39, 0.29) is 5.91 Å². The Morgan fingerprint density at radius 2 is 1.78 bits per heavy atom. The van der Waals surface area contributed by atoms with Gasteiger partial charge in [-0.15, -0.1) is 0 Å². The number of pyridine rings is 1. The number of rotatable bonds is 7. The van der Waals surface area contributed by atoms with Crippen LogP contribution in [0.15, 0.2) is 55.0 Å². The average molecular weight is 431 g/mol. The van der Waals surface area contributed by atoms with Crippen molar-refractivity contribution in [2.75, 3.05) is 13.7 Å². The Kier molecular flexibility index (Phi) is 7.10. The molecule has 0 spiro atoms. The van der Waals surface area contributed by atoms with Gasteiger partial charge in [0.1, 0.15) is 11.6 Å². The molecule has 1 fully saturated rings. The molecule has 3 aromatic rings. The van der Waals surface area contributed by atoms with E-state index in [1.807, 2.05) is 61.9 Å². The largest absolute Gasteiger partial charge is 0.497 e. The minimum absolute atomic E-state index is 0.0729. The van der Waals surface area contributed by atoms with Crippen LogP contribution in [0.25, 0.3) is 11.1 Å². The number of hydrogen-bond acceptors (Lipinski definition) is 5. The fourth-order valence-corrected chi connectivity index (χ4v) is 4.44. The second-order valence-electron chi connectivity index (χ2n) is 8.50. The van der Waals surface area contributed by atoms with Crippen LogP contribution in [0.1, 0.15) is 48.7 Å². The van der Waals surface area contributed by atoms with Gasteiger partial charge in [0.05, 0.1) is 19.2 Å². The highest BCUT2D eigenvalue weighted by Gasteiger charge is 2.26. The molecular formula is C26H30N4O2. The van der Waals surface area contributed by atoms with Crippen molar-refractivity contribution >= 4 is 5.91 Å². The van der Waals surface area contributed by atoms with Crippen LogP contribution >= 0.6 is 0 Å². The van der Waals surface area contributed by atoms with Gasteiger partial charge in [-0.05, 0) is 73.9 Å². The van der Waals surface area contributed by atoms with Gasteiger partial charge in [0, 0.05) is 36.6 Å². The third-order valence-electron chi connectivity index (χ3n) is 6.28. The van der Waals surface area contributed by atoms with Gasteiger partial charge >= 0.3 is 0 Å². The van der Waals surface area contributed by atoms with Gasteiger partial charge in [-0.3, -0.25) is 9.78 Å². The summed E-state index contributed by atoms with van der Waals surface area (Å²) in [7, 11) is 1.64.